The van der Waals surface area contributed by atoms with Gasteiger partial charge >= 0.3 is 5.97 Å². The van der Waals surface area contributed by atoms with Crippen molar-refractivity contribution in [1.82, 2.24) is 10.2 Å². The molecular weight excluding hydrogens is 268 g/mol. The molecule has 3 aliphatic heterocycles. The van der Waals surface area contributed by atoms with Crippen molar-refractivity contribution >= 4 is 5.97 Å². The Morgan fingerprint density at radius 2 is 2.00 bits per heavy atom. The lowest BCUT2D eigenvalue weighted by molar-refractivity contribution is 0.0696. The molecule has 0 spiro atoms. The third-order valence-corrected chi connectivity index (χ3v) is 4.53. The van der Waals surface area contributed by atoms with Crippen molar-refractivity contribution in [2.45, 2.75) is 18.9 Å². The zero-order valence-corrected chi connectivity index (χ0v) is 12.1. The van der Waals surface area contributed by atoms with E-state index >= 15 is 0 Å². The predicted octanol–water partition coefficient (Wildman–Crippen LogP) is 1.45. The number of fused-ring (bicyclic) bond motifs is 3. The van der Waals surface area contributed by atoms with E-state index in [9.17, 15) is 4.79 Å². The van der Waals surface area contributed by atoms with Crippen molar-refractivity contribution < 1.29 is 14.6 Å². The summed E-state index contributed by atoms with van der Waals surface area (Å²) in [7, 11) is 0. The molecule has 2 N–H and O–H groups in total. The van der Waals surface area contributed by atoms with E-state index in [0.717, 1.165) is 24.8 Å². The van der Waals surface area contributed by atoms with Crippen molar-refractivity contribution in [3.05, 3.63) is 29.8 Å². The number of carbonyl (C=O) groups is 1. The number of carboxylic acid groups (broad SMARTS) is 1. The fraction of sp³-hybridized carbons (Fsp3) is 0.562. The number of hydrogen-bond acceptors (Lipinski definition) is 4. The van der Waals surface area contributed by atoms with E-state index in [0.29, 0.717) is 12.6 Å². The van der Waals surface area contributed by atoms with E-state index in [2.05, 4.69) is 10.2 Å². The Balaban J connectivity index is 1.39. The first-order valence-corrected chi connectivity index (χ1v) is 7.64. The molecule has 3 saturated heterocycles. The SMILES string of the molecule is O=C(O)c1ccc(OCCNC2CN3CCC2CC3)cc1. The van der Waals surface area contributed by atoms with E-state index in [4.69, 9.17) is 9.84 Å². The maximum absolute atomic E-state index is 10.8. The normalized spacial score (nSPS) is 27.5. The number of aromatic carboxylic acids is 1. The van der Waals surface area contributed by atoms with E-state index in [1.807, 2.05) is 0 Å². The van der Waals surface area contributed by atoms with Crippen LogP contribution >= 0.6 is 0 Å². The van der Waals surface area contributed by atoms with Crippen LogP contribution in [-0.2, 0) is 0 Å². The van der Waals surface area contributed by atoms with Gasteiger partial charge in [0.05, 0.1) is 5.56 Å². The van der Waals surface area contributed by atoms with Gasteiger partial charge < -0.3 is 20.1 Å². The summed E-state index contributed by atoms with van der Waals surface area (Å²) in [6, 6.07) is 7.15. The molecule has 3 fully saturated rings. The van der Waals surface area contributed by atoms with Gasteiger partial charge in [-0.1, -0.05) is 0 Å². The molecule has 3 aliphatic rings. The Kier molecular flexibility index (Phi) is 4.41. The standard InChI is InChI=1S/C16H22N2O3/c19-16(20)13-1-3-14(4-2-13)21-10-7-17-15-11-18-8-5-12(15)6-9-18/h1-4,12,15,17H,5-11H2,(H,19,20). The van der Waals surface area contributed by atoms with Gasteiger partial charge in [-0.3, -0.25) is 0 Å². The topological polar surface area (TPSA) is 61.8 Å². The van der Waals surface area contributed by atoms with Gasteiger partial charge in [-0.05, 0) is 56.1 Å². The molecule has 1 unspecified atom stereocenters. The lowest BCUT2D eigenvalue weighted by Gasteiger charge is -2.45. The Labute approximate surface area is 124 Å². The second kappa shape index (κ2) is 6.45. The summed E-state index contributed by atoms with van der Waals surface area (Å²) < 4.78 is 5.64. The molecule has 0 amide bonds. The van der Waals surface area contributed by atoms with Crippen LogP contribution < -0.4 is 10.1 Å². The molecule has 21 heavy (non-hydrogen) atoms. The number of hydrogen-bond donors (Lipinski definition) is 2. The van der Waals surface area contributed by atoms with Crippen LogP contribution in [0.15, 0.2) is 24.3 Å². The van der Waals surface area contributed by atoms with Gasteiger partial charge in [0.15, 0.2) is 0 Å². The molecule has 0 aromatic heterocycles. The zero-order chi connectivity index (χ0) is 14.7. The average molecular weight is 290 g/mol. The number of carboxylic acids is 1. The van der Waals surface area contributed by atoms with E-state index < -0.39 is 5.97 Å². The number of rotatable bonds is 6. The van der Waals surface area contributed by atoms with Gasteiger partial charge in [-0.25, -0.2) is 4.79 Å². The number of benzene rings is 1. The number of nitrogens with one attached hydrogen (secondary N) is 1. The molecule has 4 rings (SSSR count). The summed E-state index contributed by atoms with van der Waals surface area (Å²) >= 11 is 0. The smallest absolute Gasteiger partial charge is 0.335 e. The van der Waals surface area contributed by atoms with Crippen LogP contribution in [0.25, 0.3) is 0 Å². The highest BCUT2D eigenvalue weighted by Crippen LogP contribution is 2.27. The monoisotopic (exact) mass is 290 g/mol. The first-order valence-electron chi connectivity index (χ1n) is 7.64. The number of nitrogens with zero attached hydrogens (tertiary/aromatic N) is 1. The quantitative estimate of drug-likeness (QED) is 0.777. The van der Waals surface area contributed by atoms with Crippen molar-refractivity contribution in [1.29, 1.82) is 0 Å². The van der Waals surface area contributed by atoms with Crippen molar-refractivity contribution in [3.8, 4) is 5.75 Å². The Morgan fingerprint density at radius 1 is 1.29 bits per heavy atom. The average Bonchev–Trinajstić information content (AvgIpc) is 2.53. The maximum atomic E-state index is 10.8. The van der Waals surface area contributed by atoms with Crippen molar-refractivity contribution in [2.75, 3.05) is 32.8 Å². The summed E-state index contributed by atoms with van der Waals surface area (Å²) in [5.41, 5.74) is 0.285. The third-order valence-electron chi connectivity index (χ3n) is 4.53. The highest BCUT2D eigenvalue weighted by molar-refractivity contribution is 5.87. The molecular formula is C16H22N2O3. The molecule has 1 aromatic rings. The Bertz CT molecular complexity index is 481. The molecule has 5 nitrogen and oxygen atoms in total. The van der Waals surface area contributed by atoms with Gasteiger partial charge in [0.1, 0.15) is 12.4 Å². The van der Waals surface area contributed by atoms with Crippen LogP contribution in [0.4, 0.5) is 0 Å². The lowest BCUT2D eigenvalue weighted by atomic mass is 9.84. The molecule has 114 valence electrons. The summed E-state index contributed by atoms with van der Waals surface area (Å²) in [6.45, 7) is 5.12. The summed E-state index contributed by atoms with van der Waals surface area (Å²) in [5.74, 6) is 0.631. The molecule has 5 heteroatoms. The molecule has 0 radical (unpaired) electrons. The van der Waals surface area contributed by atoms with Gasteiger partial charge in [0, 0.05) is 19.1 Å². The second-order valence-corrected chi connectivity index (χ2v) is 5.88. The van der Waals surface area contributed by atoms with Gasteiger partial charge in [0.25, 0.3) is 0 Å². The lowest BCUT2D eigenvalue weighted by Crippen LogP contribution is -2.56. The fourth-order valence-corrected chi connectivity index (χ4v) is 3.30. The largest absolute Gasteiger partial charge is 0.492 e. The summed E-state index contributed by atoms with van der Waals surface area (Å²) in [6.07, 6.45) is 2.63. The van der Waals surface area contributed by atoms with Crippen LogP contribution in [0, 0.1) is 5.92 Å². The van der Waals surface area contributed by atoms with Crippen LogP contribution in [-0.4, -0.2) is 54.8 Å². The first-order chi connectivity index (χ1) is 10.2. The van der Waals surface area contributed by atoms with E-state index in [-0.39, 0.29) is 5.56 Å². The van der Waals surface area contributed by atoms with E-state index in [1.165, 1.54) is 25.9 Å². The summed E-state index contributed by atoms with van der Waals surface area (Å²) in [4.78, 5) is 13.3. The van der Waals surface area contributed by atoms with Crippen LogP contribution in [0.5, 0.6) is 5.75 Å². The Hall–Kier alpha value is -1.59. The predicted molar refractivity (Wildman–Crippen MR) is 79.9 cm³/mol. The van der Waals surface area contributed by atoms with Crippen molar-refractivity contribution in [3.63, 3.8) is 0 Å². The minimum absolute atomic E-state index is 0.285. The third kappa shape index (κ3) is 3.54. The molecule has 2 bridgehead atoms. The first kappa shape index (κ1) is 14.4. The number of piperidine rings is 3. The second-order valence-electron chi connectivity index (χ2n) is 5.88. The highest BCUT2D eigenvalue weighted by Gasteiger charge is 2.33. The van der Waals surface area contributed by atoms with Crippen LogP contribution in [0.2, 0.25) is 0 Å². The van der Waals surface area contributed by atoms with Gasteiger partial charge in [0.2, 0.25) is 0 Å². The zero-order valence-electron chi connectivity index (χ0n) is 12.1. The number of ether oxygens (including phenoxy) is 1. The van der Waals surface area contributed by atoms with Gasteiger partial charge in [-0.15, -0.1) is 0 Å². The van der Waals surface area contributed by atoms with E-state index in [1.54, 1.807) is 24.3 Å². The molecule has 1 atom stereocenters. The van der Waals surface area contributed by atoms with Crippen molar-refractivity contribution in [2.24, 2.45) is 5.92 Å². The minimum Gasteiger partial charge on any atom is -0.492 e. The molecule has 1 aromatic carbocycles. The molecule has 0 saturated carbocycles. The molecule has 3 heterocycles. The van der Waals surface area contributed by atoms with Crippen LogP contribution in [0.1, 0.15) is 23.2 Å². The minimum atomic E-state index is -0.912. The highest BCUT2D eigenvalue weighted by atomic mass is 16.5. The molecule has 0 aliphatic carbocycles. The fourth-order valence-electron chi connectivity index (χ4n) is 3.30. The van der Waals surface area contributed by atoms with Crippen LogP contribution in [0.3, 0.4) is 0 Å². The summed E-state index contributed by atoms with van der Waals surface area (Å²) in [5, 5.41) is 12.4. The maximum Gasteiger partial charge on any atom is 0.335 e. The Morgan fingerprint density at radius 3 is 2.57 bits per heavy atom. The van der Waals surface area contributed by atoms with Gasteiger partial charge in [-0.2, -0.15) is 0 Å².